The number of hydrogen-bond donors (Lipinski definition) is 2. The predicted octanol–water partition coefficient (Wildman–Crippen LogP) is 1.76. The van der Waals surface area contributed by atoms with Gasteiger partial charge in [0, 0.05) is 24.9 Å². The summed E-state index contributed by atoms with van der Waals surface area (Å²) in [4.78, 5) is 8.44. The van der Waals surface area contributed by atoms with E-state index in [-0.39, 0.29) is 6.61 Å². The molecule has 1 heterocycles. The Balaban J connectivity index is 2.42. The highest BCUT2D eigenvalue weighted by molar-refractivity contribution is 5.32. The molecule has 0 aliphatic heterocycles. The SMILES string of the molecule is CCNc1ncc(C)c(OCCCCCO)n1. The van der Waals surface area contributed by atoms with Crippen molar-refractivity contribution in [3.05, 3.63) is 11.8 Å². The van der Waals surface area contributed by atoms with Crippen molar-refractivity contribution in [1.82, 2.24) is 9.97 Å². The van der Waals surface area contributed by atoms with Gasteiger partial charge in [-0.05, 0) is 33.1 Å². The molecule has 0 saturated heterocycles. The Morgan fingerprint density at radius 1 is 1.35 bits per heavy atom. The first kappa shape index (κ1) is 13.7. The number of anilines is 1. The number of aromatic nitrogens is 2. The van der Waals surface area contributed by atoms with Crippen LogP contribution in [0.15, 0.2) is 6.20 Å². The van der Waals surface area contributed by atoms with E-state index in [0.717, 1.165) is 31.4 Å². The Morgan fingerprint density at radius 2 is 2.18 bits per heavy atom. The summed E-state index contributed by atoms with van der Waals surface area (Å²) >= 11 is 0. The average Bonchev–Trinajstić information content (AvgIpc) is 2.33. The van der Waals surface area contributed by atoms with E-state index in [2.05, 4.69) is 15.3 Å². The molecular formula is C12H21N3O2. The molecule has 0 aliphatic rings. The lowest BCUT2D eigenvalue weighted by Gasteiger charge is -2.09. The normalized spacial score (nSPS) is 10.3. The van der Waals surface area contributed by atoms with Crippen molar-refractivity contribution in [2.24, 2.45) is 0 Å². The average molecular weight is 239 g/mol. The van der Waals surface area contributed by atoms with Gasteiger partial charge in [-0.15, -0.1) is 0 Å². The Hall–Kier alpha value is -1.36. The molecule has 1 aromatic heterocycles. The number of nitrogens with zero attached hydrogens (tertiary/aromatic N) is 2. The van der Waals surface area contributed by atoms with E-state index in [1.165, 1.54) is 0 Å². The summed E-state index contributed by atoms with van der Waals surface area (Å²) in [5.74, 6) is 1.24. The fraction of sp³-hybridized carbons (Fsp3) is 0.667. The summed E-state index contributed by atoms with van der Waals surface area (Å²) in [5, 5.41) is 11.7. The first-order valence-electron chi connectivity index (χ1n) is 6.09. The van der Waals surface area contributed by atoms with Crippen molar-refractivity contribution in [3.63, 3.8) is 0 Å². The summed E-state index contributed by atoms with van der Waals surface area (Å²) in [5.41, 5.74) is 0.939. The zero-order chi connectivity index (χ0) is 12.5. The standard InChI is InChI=1S/C12H21N3O2/c1-3-13-12-14-9-10(2)11(15-12)17-8-6-4-5-7-16/h9,16H,3-8H2,1-2H3,(H,13,14,15). The lowest BCUT2D eigenvalue weighted by molar-refractivity contribution is 0.262. The van der Waals surface area contributed by atoms with Crippen LogP contribution >= 0.6 is 0 Å². The number of aryl methyl sites for hydroxylation is 1. The van der Waals surface area contributed by atoms with E-state index in [4.69, 9.17) is 9.84 Å². The molecule has 17 heavy (non-hydrogen) atoms. The molecule has 2 N–H and O–H groups in total. The van der Waals surface area contributed by atoms with Crippen molar-refractivity contribution in [1.29, 1.82) is 0 Å². The zero-order valence-corrected chi connectivity index (χ0v) is 10.6. The number of rotatable bonds is 8. The fourth-order valence-electron chi connectivity index (χ4n) is 1.38. The number of aliphatic hydroxyl groups is 1. The van der Waals surface area contributed by atoms with Crippen LogP contribution in [0.1, 0.15) is 31.7 Å². The van der Waals surface area contributed by atoms with Gasteiger partial charge < -0.3 is 15.2 Å². The summed E-state index contributed by atoms with van der Waals surface area (Å²) in [6.07, 6.45) is 4.49. The van der Waals surface area contributed by atoms with Crippen LogP contribution < -0.4 is 10.1 Å². The third kappa shape index (κ3) is 4.99. The van der Waals surface area contributed by atoms with Gasteiger partial charge in [-0.3, -0.25) is 0 Å². The van der Waals surface area contributed by atoms with Crippen LogP contribution in [-0.2, 0) is 0 Å². The largest absolute Gasteiger partial charge is 0.477 e. The topological polar surface area (TPSA) is 67.3 Å². The molecule has 1 aromatic rings. The second kappa shape index (κ2) is 7.84. The maximum atomic E-state index is 8.65. The Morgan fingerprint density at radius 3 is 2.88 bits per heavy atom. The third-order valence-electron chi connectivity index (χ3n) is 2.30. The van der Waals surface area contributed by atoms with E-state index >= 15 is 0 Å². The lowest BCUT2D eigenvalue weighted by atomic mass is 10.2. The molecule has 0 spiro atoms. The minimum Gasteiger partial charge on any atom is -0.477 e. The highest BCUT2D eigenvalue weighted by atomic mass is 16.5. The van der Waals surface area contributed by atoms with Crippen molar-refractivity contribution >= 4 is 5.95 Å². The Labute approximate surface area is 102 Å². The smallest absolute Gasteiger partial charge is 0.225 e. The summed E-state index contributed by atoms with van der Waals surface area (Å²) in [7, 11) is 0. The highest BCUT2D eigenvalue weighted by Crippen LogP contribution is 2.15. The molecule has 0 bridgehead atoms. The number of aliphatic hydroxyl groups excluding tert-OH is 1. The van der Waals surface area contributed by atoms with Crippen LogP contribution in [0.3, 0.4) is 0 Å². The van der Waals surface area contributed by atoms with Gasteiger partial charge in [-0.25, -0.2) is 4.98 Å². The van der Waals surface area contributed by atoms with E-state index in [1.807, 2.05) is 13.8 Å². The second-order valence-corrected chi connectivity index (χ2v) is 3.84. The lowest BCUT2D eigenvalue weighted by Crippen LogP contribution is -2.06. The van der Waals surface area contributed by atoms with Gasteiger partial charge in [0.05, 0.1) is 6.61 Å². The van der Waals surface area contributed by atoms with Crippen molar-refractivity contribution < 1.29 is 9.84 Å². The van der Waals surface area contributed by atoms with Crippen LogP contribution in [0.5, 0.6) is 5.88 Å². The molecule has 0 aliphatic carbocycles. The molecule has 0 aromatic carbocycles. The van der Waals surface area contributed by atoms with Gasteiger partial charge in [0.15, 0.2) is 0 Å². The summed E-state index contributed by atoms with van der Waals surface area (Å²) in [6.45, 7) is 5.59. The molecule has 0 amide bonds. The van der Waals surface area contributed by atoms with Gasteiger partial charge in [0.1, 0.15) is 0 Å². The molecule has 0 saturated carbocycles. The van der Waals surface area contributed by atoms with Crippen LogP contribution in [0.25, 0.3) is 0 Å². The maximum absolute atomic E-state index is 8.65. The minimum atomic E-state index is 0.247. The molecule has 0 fully saturated rings. The summed E-state index contributed by atoms with van der Waals surface area (Å²) < 4.78 is 5.60. The number of nitrogens with one attached hydrogen (secondary N) is 1. The molecule has 5 heteroatoms. The highest BCUT2D eigenvalue weighted by Gasteiger charge is 2.04. The molecule has 0 radical (unpaired) electrons. The van der Waals surface area contributed by atoms with Gasteiger partial charge in [0.25, 0.3) is 0 Å². The van der Waals surface area contributed by atoms with Gasteiger partial charge in [0.2, 0.25) is 11.8 Å². The van der Waals surface area contributed by atoms with Crippen molar-refractivity contribution in [3.8, 4) is 5.88 Å². The first-order chi connectivity index (χ1) is 8.27. The molecule has 0 unspecified atom stereocenters. The van der Waals surface area contributed by atoms with Crippen LogP contribution in [-0.4, -0.2) is 34.8 Å². The summed E-state index contributed by atoms with van der Waals surface area (Å²) in [6, 6.07) is 0. The predicted molar refractivity (Wildman–Crippen MR) is 67.4 cm³/mol. The van der Waals surface area contributed by atoms with Crippen molar-refractivity contribution in [2.75, 3.05) is 25.1 Å². The van der Waals surface area contributed by atoms with Crippen LogP contribution in [0, 0.1) is 6.92 Å². The quantitative estimate of drug-likeness (QED) is 0.677. The number of ether oxygens (including phenoxy) is 1. The van der Waals surface area contributed by atoms with Crippen LogP contribution in [0.2, 0.25) is 0 Å². The molecule has 1 rings (SSSR count). The Bertz CT molecular complexity index is 332. The second-order valence-electron chi connectivity index (χ2n) is 3.84. The van der Waals surface area contributed by atoms with E-state index < -0.39 is 0 Å². The first-order valence-corrected chi connectivity index (χ1v) is 6.09. The molecule has 0 atom stereocenters. The van der Waals surface area contributed by atoms with Gasteiger partial charge >= 0.3 is 0 Å². The monoisotopic (exact) mass is 239 g/mol. The molecule has 5 nitrogen and oxygen atoms in total. The van der Waals surface area contributed by atoms with E-state index in [1.54, 1.807) is 6.20 Å². The van der Waals surface area contributed by atoms with Gasteiger partial charge in [-0.1, -0.05) is 0 Å². The minimum absolute atomic E-state index is 0.247. The van der Waals surface area contributed by atoms with Gasteiger partial charge in [-0.2, -0.15) is 4.98 Å². The zero-order valence-electron chi connectivity index (χ0n) is 10.6. The number of hydrogen-bond acceptors (Lipinski definition) is 5. The fourth-order valence-corrected chi connectivity index (χ4v) is 1.38. The maximum Gasteiger partial charge on any atom is 0.225 e. The van der Waals surface area contributed by atoms with E-state index in [0.29, 0.717) is 18.4 Å². The van der Waals surface area contributed by atoms with Crippen molar-refractivity contribution in [2.45, 2.75) is 33.1 Å². The van der Waals surface area contributed by atoms with Crippen LogP contribution in [0.4, 0.5) is 5.95 Å². The molecule has 96 valence electrons. The third-order valence-corrected chi connectivity index (χ3v) is 2.30. The number of unbranched alkanes of at least 4 members (excludes halogenated alkanes) is 2. The molecular weight excluding hydrogens is 218 g/mol. The Kier molecular flexibility index (Phi) is 6.32. The van der Waals surface area contributed by atoms with E-state index in [9.17, 15) is 0 Å².